The van der Waals surface area contributed by atoms with Crippen LogP contribution < -0.4 is 10.7 Å². The summed E-state index contributed by atoms with van der Waals surface area (Å²) >= 11 is 0. The highest BCUT2D eigenvalue weighted by atomic mass is 16.5. The lowest BCUT2D eigenvalue weighted by molar-refractivity contribution is -0.152. The molecular weight excluding hydrogens is 334 g/mol. The molecule has 2 heterocycles. The van der Waals surface area contributed by atoms with E-state index in [1.807, 2.05) is 0 Å². The summed E-state index contributed by atoms with van der Waals surface area (Å²) in [6, 6.07) is -1.12. The number of aliphatic hydroxyl groups is 2. The molecular formula is C14H21N5O6. The van der Waals surface area contributed by atoms with Crippen LogP contribution in [0.15, 0.2) is 16.6 Å². The van der Waals surface area contributed by atoms with Gasteiger partial charge in [-0.25, -0.2) is 4.99 Å². The number of ether oxygens (including phenoxy) is 1. The highest BCUT2D eigenvalue weighted by molar-refractivity contribution is 5.84. The molecule has 0 saturated carbocycles. The van der Waals surface area contributed by atoms with Crippen LogP contribution in [0.5, 0.6) is 0 Å². The molecule has 0 bridgehead atoms. The number of hydrazine groups is 1. The smallest absolute Gasteiger partial charge is 0.236 e. The minimum atomic E-state index is -1.55. The monoisotopic (exact) mass is 355 g/mol. The average Bonchev–Trinajstić information content (AvgIpc) is 2.54. The first-order chi connectivity index (χ1) is 11.7. The summed E-state index contributed by atoms with van der Waals surface area (Å²) in [6.07, 6.45) is -2.23. The van der Waals surface area contributed by atoms with Crippen LogP contribution in [0.1, 0.15) is 20.8 Å². The molecule has 0 aromatic rings. The van der Waals surface area contributed by atoms with Gasteiger partial charge in [-0.3, -0.25) is 35.0 Å². The largest absolute Gasteiger partial charge is 0.492 e. The Bertz CT molecular complexity index is 648. The van der Waals surface area contributed by atoms with Crippen LogP contribution in [0.3, 0.4) is 0 Å². The Balaban J connectivity index is 2.53. The van der Waals surface area contributed by atoms with E-state index in [0.717, 1.165) is 4.90 Å². The van der Waals surface area contributed by atoms with Gasteiger partial charge in [-0.1, -0.05) is 0 Å². The fourth-order valence-electron chi connectivity index (χ4n) is 2.86. The van der Waals surface area contributed by atoms with E-state index >= 15 is 0 Å². The third kappa shape index (κ3) is 3.48. The molecule has 138 valence electrons. The SMILES string of the molecule is COC1NC2C(=C(O)N=CN2NC(C)=O)N(C(C)=O)C1C(O)C(C)=O. The molecule has 0 radical (unpaired) electrons. The van der Waals surface area contributed by atoms with Gasteiger partial charge in [0.25, 0.3) is 0 Å². The first-order valence-corrected chi connectivity index (χ1v) is 7.49. The highest BCUT2D eigenvalue weighted by Crippen LogP contribution is 2.30. The number of methoxy groups -OCH3 is 1. The Labute approximate surface area is 143 Å². The molecule has 0 aromatic heterocycles. The molecule has 2 aliphatic rings. The fourth-order valence-corrected chi connectivity index (χ4v) is 2.86. The van der Waals surface area contributed by atoms with Gasteiger partial charge >= 0.3 is 0 Å². The minimum Gasteiger partial charge on any atom is -0.492 e. The first kappa shape index (κ1) is 18.8. The van der Waals surface area contributed by atoms with Crippen molar-refractivity contribution in [3.8, 4) is 0 Å². The molecule has 0 spiro atoms. The summed E-state index contributed by atoms with van der Waals surface area (Å²) in [5, 5.41) is 24.6. The zero-order valence-corrected chi connectivity index (χ0v) is 14.3. The zero-order valence-electron chi connectivity index (χ0n) is 14.3. The number of nitrogens with zero attached hydrogens (tertiary/aromatic N) is 3. The van der Waals surface area contributed by atoms with Gasteiger partial charge in [0.05, 0.1) is 0 Å². The van der Waals surface area contributed by atoms with Crippen molar-refractivity contribution >= 4 is 23.9 Å². The van der Waals surface area contributed by atoms with Gasteiger partial charge in [0, 0.05) is 21.0 Å². The van der Waals surface area contributed by atoms with E-state index in [2.05, 4.69) is 15.7 Å². The predicted octanol–water partition coefficient (Wildman–Crippen LogP) is -1.82. The van der Waals surface area contributed by atoms with Crippen LogP contribution in [0.25, 0.3) is 0 Å². The van der Waals surface area contributed by atoms with Gasteiger partial charge in [-0.05, 0) is 6.92 Å². The number of fused-ring (bicyclic) bond motifs is 1. The summed E-state index contributed by atoms with van der Waals surface area (Å²) in [4.78, 5) is 40.1. The Kier molecular flexibility index (Phi) is 5.40. The number of hydrogen-bond acceptors (Lipinski definition) is 9. The third-order valence-corrected chi connectivity index (χ3v) is 3.88. The molecule has 4 unspecified atom stereocenters. The summed E-state index contributed by atoms with van der Waals surface area (Å²) in [5.41, 5.74) is 2.48. The number of aliphatic imine (C=N–C) groups is 1. The molecule has 4 N–H and O–H groups in total. The molecule has 0 aliphatic carbocycles. The molecule has 2 rings (SSSR count). The Hall–Kier alpha value is -2.50. The van der Waals surface area contributed by atoms with E-state index in [1.165, 1.54) is 39.2 Å². The predicted molar refractivity (Wildman–Crippen MR) is 84.5 cm³/mol. The number of rotatable bonds is 4. The van der Waals surface area contributed by atoms with Gasteiger partial charge < -0.3 is 14.9 Å². The maximum atomic E-state index is 12.2. The van der Waals surface area contributed by atoms with E-state index in [-0.39, 0.29) is 5.70 Å². The van der Waals surface area contributed by atoms with Crippen molar-refractivity contribution in [3.63, 3.8) is 0 Å². The van der Waals surface area contributed by atoms with Crippen LogP contribution in [0.4, 0.5) is 0 Å². The molecule has 1 fully saturated rings. The van der Waals surface area contributed by atoms with Crippen molar-refractivity contribution in [2.45, 2.75) is 45.3 Å². The summed E-state index contributed by atoms with van der Waals surface area (Å²) < 4.78 is 5.29. The third-order valence-electron chi connectivity index (χ3n) is 3.88. The average molecular weight is 355 g/mol. The number of piperazine rings is 1. The molecule has 2 aliphatic heterocycles. The van der Waals surface area contributed by atoms with E-state index in [9.17, 15) is 24.6 Å². The van der Waals surface area contributed by atoms with Crippen LogP contribution >= 0.6 is 0 Å². The number of carbonyl (C=O) groups is 3. The van der Waals surface area contributed by atoms with E-state index in [4.69, 9.17) is 4.74 Å². The van der Waals surface area contributed by atoms with Crippen LogP contribution in [0.2, 0.25) is 0 Å². The van der Waals surface area contributed by atoms with Gasteiger partial charge in [0.1, 0.15) is 36.6 Å². The second-order valence-electron chi connectivity index (χ2n) is 5.69. The molecule has 1 saturated heterocycles. The topological polar surface area (TPSA) is 144 Å². The Morgan fingerprint density at radius 1 is 1.36 bits per heavy atom. The summed E-state index contributed by atoms with van der Waals surface area (Å²) in [5.74, 6) is -2.00. The second-order valence-corrected chi connectivity index (χ2v) is 5.69. The maximum Gasteiger partial charge on any atom is 0.236 e. The first-order valence-electron chi connectivity index (χ1n) is 7.49. The van der Waals surface area contributed by atoms with E-state index < -0.39 is 48.0 Å². The fraction of sp³-hybridized carbons (Fsp3) is 0.571. The number of ketones is 1. The molecule has 4 atom stereocenters. The lowest BCUT2D eigenvalue weighted by atomic mass is 9.98. The van der Waals surface area contributed by atoms with Gasteiger partial charge in [0.2, 0.25) is 17.7 Å². The second kappa shape index (κ2) is 7.17. The van der Waals surface area contributed by atoms with Gasteiger partial charge in [-0.15, -0.1) is 0 Å². The lowest BCUT2D eigenvalue weighted by Gasteiger charge is -2.49. The maximum absolute atomic E-state index is 12.2. The number of Topliss-reactive ketones (excluding diaryl/α,β-unsaturated/α-hetero) is 1. The van der Waals surface area contributed by atoms with Crippen molar-refractivity contribution in [3.05, 3.63) is 11.6 Å². The number of carbonyl (C=O) groups excluding carboxylic acids is 3. The Morgan fingerprint density at radius 3 is 2.48 bits per heavy atom. The standard InChI is InChI=1S/C14H21N5O6/c1-6(20)11(23)9-14(25-4)16-12-10(19(9)8(3)22)13(24)15-5-18(12)17-7(2)21/h5,9,11-12,14,16,23-24H,1-4H3,(H,17,21). The molecule has 11 nitrogen and oxygen atoms in total. The molecule has 0 aromatic carbocycles. The molecule has 25 heavy (non-hydrogen) atoms. The van der Waals surface area contributed by atoms with E-state index in [0.29, 0.717) is 0 Å². The number of hydrogen-bond donors (Lipinski definition) is 4. The van der Waals surface area contributed by atoms with Crippen LogP contribution in [-0.2, 0) is 19.1 Å². The minimum absolute atomic E-state index is 0.0117. The lowest BCUT2D eigenvalue weighted by Crippen LogP contribution is -2.72. The van der Waals surface area contributed by atoms with Crippen molar-refractivity contribution in [2.24, 2.45) is 4.99 Å². The van der Waals surface area contributed by atoms with Gasteiger partial charge in [0.15, 0.2) is 5.78 Å². The van der Waals surface area contributed by atoms with Crippen molar-refractivity contribution in [1.29, 1.82) is 0 Å². The molecule has 2 amide bonds. The number of amides is 2. The zero-order chi connectivity index (χ0) is 18.9. The summed E-state index contributed by atoms with van der Waals surface area (Å²) in [7, 11) is 1.34. The highest BCUT2D eigenvalue weighted by Gasteiger charge is 2.49. The number of nitrogens with one attached hydrogen (secondary N) is 2. The Morgan fingerprint density at radius 2 is 2.00 bits per heavy atom. The van der Waals surface area contributed by atoms with Crippen molar-refractivity contribution < 1.29 is 29.3 Å². The van der Waals surface area contributed by atoms with E-state index in [1.54, 1.807) is 0 Å². The normalized spacial score (nSPS) is 27.0. The van der Waals surface area contributed by atoms with Crippen LogP contribution in [-0.4, -0.2) is 75.7 Å². The van der Waals surface area contributed by atoms with Crippen molar-refractivity contribution in [1.82, 2.24) is 20.7 Å². The molecule has 11 heteroatoms. The van der Waals surface area contributed by atoms with Gasteiger partial charge in [-0.2, -0.15) is 0 Å². The number of aliphatic hydroxyl groups excluding tert-OH is 2. The summed E-state index contributed by atoms with van der Waals surface area (Å²) in [6.45, 7) is 3.68. The van der Waals surface area contributed by atoms with Crippen molar-refractivity contribution in [2.75, 3.05) is 7.11 Å². The van der Waals surface area contributed by atoms with Crippen LogP contribution in [0, 0.1) is 0 Å². The quantitative estimate of drug-likeness (QED) is 0.461.